The van der Waals surface area contributed by atoms with Crippen LogP contribution in [0.5, 0.6) is 0 Å². The molecule has 21 heavy (non-hydrogen) atoms. The number of nitrogens with one attached hydrogen (secondary N) is 2. The van der Waals surface area contributed by atoms with Gasteiger partial charge in [-0.1, -0.05) is 6.92 Å². The van der Waals surface area contributed by atoms with Crippen molar-refractivity contribution in [3.05, 3.63) is 41.0 Å². The summed E-state index contributed by atoms with van der Waals surface area (Å²) in [6.45, 7) is 8.30. The quantitative estimate of drug-likeness (QED) is 0.773. The molecule has 0 aliphatic heterocycles. The maximum Gasteiger partial charge on any atom is 0.157 e. The van der Waals surface area contributed by atoms with E-state index in [2.05, 4.69) is 45.5 Å². The number of hydrogen-bond acceptors (Lipinski definition) is 4. The van der Waals surface area contributed by atoms with Gasteiger partial charge in [-0.05, 0) is 27.2 Å². The van der Waals surface area contributed by atoms with Crippen LogP contribution in [0.15, 0.2) is 18.3 Å². The summed E-state index contributed by atoms with van der Waals surface area (Å²) in [5.74, 6) is 0.953. The summed E-state index contributed by atoms with van der Waals surface area (Å²) < 4.78 is 1.83. The van der Waals surface area contributed by atoms with Gasteiger partial charge in [-0.2, -0.15) is 14.7 Å². The number of anilines is 1. The van der Waals surface area contributed by atoms with E-state index in [1.165, 1.54) is 5.56 Å². The van der Waals surface area contributed by atoms with Crippen molar-refractivity contribution in [2.45, 2.75) is 40.2 Å². The van der Waals surface area contributed by atoms with Gasteiger partial charge in [-0.3, -0.25) is 5.10 Å². The summed E-state index contributed by atoms with van der Waals surface area (Å²) in [6.07, 6.45) is 2.67. The molecule has 6 nitrogen and oxygen atoms in total. The number of H-pyrrole nitrogens is 1. The van der Waals surface area contributed by atoms with E-state index >= 15 is 0 Å². The van der Waals surface area contributed by atoms with E-state index in [4.69, 9.17) is 0 Å². The highest BCUT2D eigenvalue weighted by molar-refractivity contribution is 5.50. The van der Waals surface area contributed by atoms with Crippen LogP contribution in [0.2, 0.25) is 0 Å². The number of fused-ring (bicyclic) bond motifs is 1. The Bertz CT molecular complexity index is 750. The second kappa shape index (κ2) is 5.20. The maximum atomic E-state index is 4.56. The van der Waals surface area contributed by atoms with Gasteiger partial charge < -0.3 is 5.32 Å². The van der Waals surface area contributed by atoms with Crippen LogP contribution in [0.4, 0.5) is 5.82 Å². The molecular formula is C15H20N6. The molecule has 0 aliphatic rings. The van der Waals surface area contributed by atoms with Crippen LogP contribution in [0.1, 0.15) is 42.5 Å². The molecule has 0 aliphatic carbocycles. The number of rotatable bonds is 4. The van der Waals surface area contributed by atoms with Crippen molar-refractivity contribution in [1.29, 1.82) is 0 Å². The molecule has 3 aromatic heterocycles. The van der Waals surface area contributed by atoms with E-state index in [9.17, 15) is 0 Å². The van der Waals surface area contributed by atoms with Gasteiger partial charge >= 0.3 is 0 Å². The molecule has 0 amide bonds. The van der Waals surface area contributed by atoms with Crippen molar-refractivity contribution in [3.8, 4) is 0 Å². The second-order valence-electron chi connectivity index (χ2n) is 5.30. The fourth-order valence-electron chi connectivity index (χ4n) is 2.74. The summed E-state index contributed by atoms with van der Waals surface area (Å²) in [5, 5.41) is 15.2. The van der Waals surface area contributed by atoms with Gasteiger partial charge in [0.15, 0.2) is 5.65 Å². The van der Waals surface area contributed by atoms with Crippen LogP contribution < -0.4 is 5.32 Å². The summed E-state index contributed by atoms with van der Waals surface area (Å²) >= 11 is 0. The third kappa shape index (κ3) is 2.37. The molecule has 0 aromatic carbocycles. The van der Waals surface area contributed by atoms with Crippen molar-refractivity contribution in [2.75, 3.05) is 5.32 Å². The van der Waals surface area contributed by atoms with E-state index in [1.54, 1.807) is 6.20 Å². The zero-order valence-corrected chi connectivity index (χ0v) is 12.8. The molecule has 0 spiro atoms. The van der Waals surface area contributed by atoms with Gasteiger partial charge in [0, 0.05) is 29.1 Å². The SMILES string of the molecule is CCc1cc(N[C@@H](C)c2c(C)n[nH]c2C)n2nccc2n1. The lowest BCUT2D eigenvalue weighted by atomic mass is 10.1. The maximum absolute atomic E-state index is 4.56. The molecule has 0 bridgehead atoms. The molecule has 0 saturated heterocycles. The van der Waals surface area contributed by atoms with Crippen LogP contribution in [0.3, 0.4) is 0 Å². The van der Waals surface area contributed by atoms with Gasteiger partial charge in [0.05, 0.1) is 17.9 Å². The molecule has 2 N–H and O–H groups in total. The van der Waals surface area contributed by atoms with E-state index in [0.717, 1.165) is 35.0 Å². The van der Waals surface area contributed by atoms with E-state index in [0.29, 0.717) is 0 Å². The van der Waals surface area contributed by atoms with Crippen LogP contribution >= 0.6 is 0 Å². The van der Waals surface area contributed by atoms with Gasteiger partial charge in [0.2, 0.25) is 0 Å². The Hall–Kier alpha value is -2.37. The Morgan fingerprint density at radius 3 is 2.86 bits per heavy atom. The number of hydrogen-bond donors (Lipinski definition) is 2. The fraction of sp³-hybridized carbons (Fsp3) is 0.400. The summed E-state index contributed by atoms with van der Waals surface area (Å²) in [4.78, 5) is 4.56. The molecule has 1 atom stereocenters. The highest BCUT2D eigenvalue weighted by Gasteiger charge is 2.16. The molecule has 0 unspecified atom stereocenters. The minimum Gasteiger partial charge on any atom is -0.363 e. The topological polar surface area (TPSA) is 70.9 Å². The summed E-state index contributed by atoms with van der Waals surface area (Å²) in [7, 11) is 0. The van der Waals surface area contributed by atoms with Crippen molar-refractivity contribution in [2.24, 2.45) is 0 Å². The van der Waals surface area contributed by atoms with Crippen LogP contribution in [-0.4, -0.2) is 24.8 Å². The number of aromatic nitrogens is 5. The Kier molecular flexibility index (Phi) is 3.37. The van der Waals surface area contributed by atoms with Gasteiger partial charge in [-0.15, -0.1) is 0 Å². The minimum absolute atomic E-state index is 0.142. The third-order valence-electron chi connectivity index (χ3n) is 3.76. The summed E-state index contributed by atoms with van der Waals surface area (Å²) in [5.41, 5.74) is 5.23. The average Bonchev–Trinajstić information content (AvgIpc) is 3.05. The monoisotopic (exact) mass is 284 g/mol. The molecule has 0 saturated carbocycles. The van der Waals surface area contributed by atoms with Crippen molar-refractivity contribution < 1.29 is 0 Å². The Balaban J connectivity index is 1.99. The number of nitrogens with zero attached hydrogens (tertiary/aromatic N) is 4. The first-order valence-corrected chi connectivity index (χ1v) is 7.21. The molecular weight excluding hydrogens is 264 g/mol. The largest absolute Gasteiger partial charge is 0.363 e. The first-order valence-electron chi connectivity index (χ1n) is 7.21. The number of aromatic amines is 1. The number of aryl methyl sites for hydroxylation is 3. The molecule has 3 aromatic rings. The summed E-state index contributed by atoms with van der Waals surface area (Å²) in [6, 6.07) is 4.12. The lowest BCUT2D eigenvalue weighted by Gasteiger charge is -2.17. The molecule has 110 valence electrons. The van der Waals surface area contributed by atoms with Crippen molar-refractivity contribution in [3.63, 3.8) is 0 Å². The first kappa shape index (κ1) is 13.6. The Morgan fingerprint density at radius 2 is 2.19 bits per heavy atom. The van der Waals surface area contributed by atoms with Crippen molar-refractivity contribution >= 4 is 11.5 Å². The van der Waals surface area contributed by atoms with Gasteiger partial charge in [-0.25, -0.2) is 4.98 Å². The van der Waals surface area contributed by atoms with E-state index < -0.39 is 0 Å². The highest BCUT2D eigenvalue weighted by Crippen LogP contribution is 2.24. The predicted molar refractivity (Wildman–Crippen MR) is 82.5 cm³/mol. The molecule has 3 heterocycles. The zero-order chi connectivity index (χ0) is 15.0. The molecule has 6 heteroatoms. The van der Waals surface area contributed by atoms with Gasteiger partial charge in [0.1, 0.15) is 5.82 Å². The standard InChI is InChI=1S/C15H20N6/c1-5-12-8-14(21-13(18-12)6-7-16-21)17-9(2)15-10(3)19-20-11(15)4/h6-9,17H,5H2,1-4H3,(H,19,20)/t9-/m0/s1. The first-order chi connectivity index (χ1) is 10.1. The van der Waals surface area contributed by atoms with E-state index in [-0.39, 0.29) is 6.04 Å². The minimum atomic E-state index is 0.142. The van der Waals surface area contributed by atoms with E-state index in [1.807, 2.05) is 24.4 Å². The van der Waals surface area contributed by atoms with Crippen LogP contribution in [-0.2, 0) is 6.42 Å². The second-order valence-corrected chi connectivity index (χ2v) is 5.30. The fourth-order valence-corrected chi connectivity index (χ4v) is 2.74. The smallest absolute Gasteiger partial charge is 0.157 e. The zero-order valence-electron chi connectivity index (χ0n) is 12.8. The lowest BCUT2D eigenvalue weighted by molar-refractivity contribution is 0.823. The highest BCUT2D eigenvalue weighted by atomic mass is 15.3. The Labute approximate surface area is 123 Å². The lowest BCUT2D eigenvalue weighted by Crippen LogP contribution is -2.13. The molecule has 0 radical (unpaired) electrons. The van der Waals surface area contributed by atoms with Crippen LogP contribution in [0.25, 0.3) is 5.65 Å². The third-order valence-corrected chi connectivity index (χ3v) is 3.76. The predicted octanol–water partition coefficient (Wildman–Crippen LogP) is 2.80. The molecule has 3 rings (SSSR count). The van der Waals surface area contributed by atoms with Crippen LogP contribution in [0, 0.1) is 13.8 Å². The Morgan fingerprint density at radius 1 is 1.38 bits per heavy atom. The van der Waals surface area contributed by atoms with Gasteiger partial charge in [0.25, 0.3) is 0 Å². The average molecular weight is 284 g/mol. The normalized spacial score (nSPS) is 12.8. The van der Waals surface area contributed by atoms with Crippen molar-refractivity contribution in [1.82, 2.24) is 24.8 Å². The molecule has 0 fully saturated rings.